The maximum absolute atomic E-state index is 15.4. The highest BCUT2D eigenvalue weighted by molar-refractivity contribution is 5.80. The van der Waals surface area contributed by atoms with Gasteiger partial charge < -0.3 is 118 Å². The van der Waals surface area contributed by atoms with Gasteiger partial charge in [-0.2, -0.15) is 0 Å². The van der Waals surface area contributed by atoms with Gasteiger partial charge in [0.1, 0.15) is 90.9 Å². The lowest BCUT2D eigenvalue weighted by Crippen LogP contribution is -2.68. The summed E-state index contributed by atoms with van der Waals surface area (Å²) in [5.74, 6) is -2.17. The molecular weight excluding hydrogens is 1110 g/mol. The van der Waals surface area contributed by atoms with Gasteiger partial charge in [-0.1, -0.05) is 60.1 Å². The first-order chi connectivity index (χ1) is 39.3. The second-order valence-corrected chi connectivity index (χ2v) is 28.0. The number of fused-ring (bicyclic) bond motifs is 7. The molecule has 5 aliphatic heterocycles. The van der Waals surface area contributed by atoms with Crippen molar-refractivity contribution in [2.45, 2.75) is 261 Å². The van der Waals surface area contributed by atoms with Gasteiger partial charge in [-0.25, -0.2) is 4.79 Å². The van der Waals surface area contributed by atoms with E-state index < -0.39 is 200 Å². The summed E-state index contributed by atoms with van der Waals surface area (Å²) in [4.78, 5) is 28.5. The Labute approximate surface area is 488 Å². The summed E-state index contributed by atoms with van der Waals surface area (Å²) in [7, 11) is 1.11. The number of carbonyl (C=O) groups excluding carboxylic acids is 2. The molecule has 0 spiro atoms. The van der Waals surface area contributed by atoms with E-state index in [1.54, 1.807) is 0 Å². The number of aliphatic hydroxyl groups excluding tert-OH is 13. The summed E-state index contributed by atoms with van der Waals surface area (Å²) in [5, 5.41) is 143. The highest BCUT2D eigenvalue weighted by Crippen LogP contribution is 2.76. The second-order valence-electron chi connectivity index (χ2n) is 28.0. The Morgan fingerprint density at radius 3 is 1.73 bits per heavy atom. The molecule has 0 aromatic heterocycles. The number of esters is 2. The first-order valence-electron chi connectivity index (χ1n) is 29.9. The zero-order chi connectivity index (χ0) is 61.3. The first-order valence-corrected chi connectivity index (χ1v) is 29.9. The SMILES string of the molecule is COC(=O)[C@H]1O[C@@H](O[C@H]2CC[C@]3(C)[C@H]4CC=C5[C@@H]6CC(C)(C)CC[C@]6(C(=O)O[C@@H]6OC[C@H](O)[C@H](O)[C@H]6O[C@H]6O[C@@H](C)[C@H](O[C@@H]7OC[C@@H](O)[C@H](O)[C@H]7O)[C@@H](O)[C@H]6O)[C@H](O)C[C@@]5(C)[C@]4(C)CC[C@H]3C2(C)C)[C@H](O)[C@@H](O[C@@H]2OC[C@@H](O)[C@H](O)[C@H]2O)[C@@H]1O. The highest BCUT2D eigenvalue weighted by atomic mass is 16.8. The highest BCUT2D eigenvalue weighted by Gasteiger charge is 2.72. The number of allylic oxidation sites excluding steroid dienone is 2. The molecule has 4 saturated carbocycles. The van der Waals surface area contributed by atoms with Gasteiger partial charge in [-0.15, -0.1) is 0 Å². The topological polar surface area (TPSA) is 399 Å². The van der Waals surface area contributed by atoms with E-state index in [9.17, 15) is 71.2 Å². The molecule has 0 radical (unpaired) electrons. The zero-order valence-electron chi connectivity index (χ0n) is 49.3. The van der Waals surface area contributed by atoms with Crippen LogP contribution in [0.4, 0.5) is 0 Å². The number of aliphatic hydroxyl groups is 13. The van der Waals surface area contributed by atoms with Crippen molar-refractivity contribution in [2.75, 3.05) is 26.9 Å². The van der Waals surface area contributed by atoms with Crippen molar-refractivity contribution in [3.63, 3.8) is 0 Å². The molecule has 31 atom stereocenters. The zero-order valence-corrected chi connectivity index (χ0v) is 49.3. The number of hydrogen-bond acceptors (Lipinski definition) is 26. The van der Waals surface area contributed by atoms with Crippen LogP contribution < -0.4 is 0 Å². The van der Waals surface area contributed by atoms with Crippen LogP contribution in [-0.4, -0.2) is 253 Å². The molecule has 0 aromatic carbocycles. The molecule has 10 rings (SSSR count). The standard InChI is InChI=1S/C58H92O26/c1-23-42(80-47-37(67)33(63)26(59)20-75-47)36(66)39(69)49(78-23)83-45-35(65)28(61)22-77-51(45)84-52(73)58-17-16-53(2,3)18-25(58)24-10-11-30-55(6)14-13-32(54(4,5)29(55)12-15-56(30,7)57(24,8)19-31(58)62)79-50-41(71)43(40(70)44(82-50)46(72)74-9)81-48-38(68)34(64)27(60)21-76-48/h10,23,25-45,47-51,59-71H,11-22H2,1-9H3/t23-,25-,26+,27+,28-,29-,30+,31+,32-,33-,34-,35-,36-,37+,38+,39+,40-,41+,42-,43-,44-,45+,47-,48-,49+,50+,51-,55-,56+,57+,58+/m0/s1. The Balaban J connectivity index is 0.868. The third-order valence-corrected chi connectivity index (χ3v) is 22.5. The first kappa shape index (κ1) is 64.8. The van der Waals surface area contributed by atoms with Crippen molar-refractivity contribution in [3.05, 3.63) is 11.6 Å². The van der Waals surface area contributed by atoms with E-state index in [0.29, 0.717) is 32.1 Å². The average Bonchev–Trinajstić information content (AvgIpc) is 0.710. The van der Waals surface area contributed by atoms with Gasteiger partial charge in [-0.05, 0) is 110 Å². The number of rotatable bonds is 11. The van der Waals surface area contributed by atoms with Crippen molar-refractivity contribution in [1.82, 2.24) is 0 Å². The summed E-state index contributed by atoms with van der Waals surface area (Å²) in [6, 6.07) is 0. The predicted molar refractivity (Wildman–Crippen MR) is 282 cm³/mol. The molecule has 84 heavy (non-hydrogen) atoms. The fourth-order valence-electron chi connectivity index (χ4n) is 17.3. The van der Waals surface area contributed by atoms with E-state index in [2.05, 4.69) is 54.5 Å². The lowest BCUT2D eigenvalue weighted by molar-refractivity contribution is -0.369. The molecule has 5 heterocycles. The fourth-order valence-corrected chi connectivity index (χ4v) is 17.3. The van der Waals surface area contributed by atoms with Gasteiger partial charge in [-0.3, -0.25) is 4.79 Å². The summed E-state index contributed by atoms with van der Waals surface area (Å²) in [5.41, 5.74) is -2.65. The third kappa shape index (κ3) is 10.6. The summed E-state index contributed by atoms with van der Waals surface area (Å²) in [6.45, 7) is 15.5. The van der Waals surface area contributed by atoms with E-state index in [4.69, 9.17) is 52.1 Å². The van der Waals surface area contributed by atoms with E-state index in [0.717, 1.165) is 25.5 Å². The Hall–Kier alpha value is -2.20. The summed E-state index contributed by atoms with van der Waals surface area (Å²) < 4.78 is 64.2. The van der Waals surface area contributed by atoms with Crippen LogP contribution in [0, 0.1) is 50.2 Å². The molecule has 5 saturated heterocycles. The molecule has 26 nitrogen and oxygen atoms in total. The second kappa shape index (κ2) is 23.6. The van der Waals surface area contributed by atoms with Gasteiger partial charge in [0.25, 0.3) is 0 Å². The van der Waals surface area contributed by atoms with Gasteiger partial charge in [0.15, 0.2) is 37.4 Å². The molecule has 10 aliphatic rings. The van der Waals surface area contributed by atoms with Gasteiger partial charge in [0.2, 0.25) is 6.29 Å². The number of carbonyl (C=O) groups is 2. The van der Waals surface area contributed by atoms with Crippen LogP contribution >= 0.6 is 0 Å². The Morgan fingerprint density at radius 2 is 1.11 bits per heavy atom. The van der Waals surface area contributed by atoms with E-state index in [-0.39, 0.29) is 42.1 Å². The molecule has 9 fully saturated rings. The van der Waals surface area contributed by atoms with E-state index in [1.165, 1.54) is 6.92 Å². The third-order valence-electron chi connectivity index (χ3n) is 22.5. The lowest BCUT2D eigenvalue weighted by Gasteiger charge is -2.71. The minimum Gasteiger partial charge on any atom is -0.467 e. The molecule has 5 aliphatic carbocycles. The van der Waals surface area contributed by atoms with Crippen molar-refractivity contribution in [3.8, 4) is 0 Å². The van der Waals surface area contributed by atoms with Crippen LogP contribution in [0.5, 0.6) is 0 Å². The monoisotopic (exact) mass is 1200 g/mol. The van der Waals surface area contributed by atoms with Crippen molar-refractivity contribution in [1.29, 1.82) is 0 Å². The van der Waals surface area contributed by atoms with Gasteiger partial charge in [0, 0.05) is 0 Å². The van der Waals surface area contributed by atoms with E-state index in [1.807, 2.05) is 0 Å². The molecular formula is C58H92O26. The maximum Gasteiger partial charge on any atom is 0.337 e. The Morgan fingerprint density at radius 1 is 0.548 bits per heavy atom. The molecule has 0 amide bonds. The van der Waals surface area contributed by atoms with Crippen molar-refractivity contribution >= 4 is 11.9 Å². The largest absolute Gasteiger partial charge is 0.467 e. The lowest BCUT2D eigenvalue weighted by atomic mass is 9.33. The molecule has 26 heteroatoms. The minimum atomic E-state index is -1.89. The van der Waals surface area contributed by atoms with Crippen LogP contribution in [-0.2, 0) is 61.7 Å². The number of hydrogen-bond donors (Lipinski definition) is 13. The van der Waals surface area contributed by atoms with Crippen LogP contribution in [0.15, 0.2) is 11.6 Å². The van der Waals surface area contributed by atoms with Crippen molar-refractivity contribution in [2.24, 2.45) is 50.2 Å². The molecule has 13 N–H and O–H groups in total. The van der Waals surface area contributed by atoms with Gasteiger partial charge >= 0.3 is 11.9 Å². The average molecular weight is 1210 g/mol. The van der Waals surface area contributed by atoms with Crippen LogP contribution in [0.2, 0.25) is 0 Å². The molecule has 0 bridgehead atoms. The molecule has 480 valence electrons. The minimum absolute atomic E-state index is 0.0296. The van der Waals surface area contributed by atoms with Crippen LogP contribution in [0.25, 0.3) is 0 Å². The Kier molecular flexibility index (Phi) is 18.2. The van der Waals surface area contributed by atoms with Gasteiger partial charge in [0.05, 0.1) is 45.2 Å². The molecule has 0 unspecified atom stereocenters. The smallest absolute Gasteiger partial charge is 0.337 e. The predicted octanol–water partition coefficient (Wildman–Crippen LogP) is -2.11. The number of ether oxygens (including phenoxy) is 11. The Bertz CT molecular complexity index is 2400. The summed E-state index contributed by atoms with van der Waals surface area (Å²) >= 11 is 0. The van der Waals surface area contributed by atoms with E-state index >= 15 is 4.79 Å². The van der Waals surface area contributed by atoms with Crippen LogP contribution in [0.1, 0.15) is 113 Å². The normalized spacial score (nSPS) is 53.6. The van der Waals surface area contributed by atoms with Crippen LogP contribution in [0.3, 0.4) is 0 Å². The quantitative estimate of drug-likeness (QED) is 0.0598. The van der Waals surface area contributed by atoms with Crippen molar-refractivity contribution < 1.29 is 128 Å². The fraction of sp³-hybridized carbons (Fsp3) is 0.931. The molecule has 0 aromatic rings. The maximum atomic E-state index is 15.4. The summed E-state index contributed by atoms with van der Waals surface area (Å²) in [6.07, 6.45) is -30.3. The number of methoxy groups -OCH3 is 1.